The van der Waals surface area contributed by atoms with Gasteiger partial charge in [-0.05, 0) is 37.6 Å². The fraction of sp³-hybridized carbons (Fsp3) is 0.353. The Morgan fingerprint density at radius 3 is 2.74 bits per heavy atom. The van der Waals surface area contributed by atoms with E-state index in [1.807, 2.05) is 26.0 Å². The van der Waals surface area contributed by atoms with Gasteiger partial charge in [-0.1, -0.05) is 6.92 Å². The van der Waals surface area contributed by atoms with Gasteiger partial charge in [-0.2, -0.15) is 0 Å². The predicted octanol–water partition coefficient (Wildman–Crippen LogP) is 4.07. The molecule has 0 saturated carbocycles. The van der Waals surface area contributed by atoms with Crippen LogP contribution in [0.25, 0.3) is 0 Å². The summed E-state index contributed by atoms with van der Waals surface area (Å²) in [5.41, 5.74) is 2.25. The minimum absolute atomic E-state index is 0.0108. The first-order valence-electron chi connectivity index (χ1n) is 7.70. The van der Waals surface area contributed by atoms with E-state index < -0.39 is 11.6 Å². The van der Waals surface area contributed by atoms with E-state index in [2.05, 4.69) is 9.88 Å². The van der Waals surface area contributed by atoms with Gasteiger partial charge >= 0.3 is 6.03 Å². The summed E-state index contributed by atoms with van der Waals surface area (Å²) in [7, 11) is 0. The maximum Gasteiger partial charge on any atom is 0.322 e. The number of aryl methyl sites for hydroxylation is 1. The minimum atomic E-state index is -0.775. The molecule has 0 bridgehead atoms. The van der Waals surface area contributed by atoms with E-state index in [4.69, 9.17) is 0 Å². The van der Waals surface area contributed by atoms with Gasteiger partial charge in [0.15, 0.2) is 0 Å². The molecule has 122 valence electrons. The number of hydrogen-bond acceptors (Lipinski definition) is 1. The Bertz CT molecular complexity index is 741. The quantitative estimate of drug-likeness (QED) is 0.890. The van der Waals surface area contributed by atoms with Gasteiger partial charge in [0.2, 0.25) is 0 Å². The van der Waals surface area contributed by atoms with E-state index in [9.17, 15) is 13.6 Å². The monoisotopic (exact) mass is 319 g/mol. The van der Waals surface area contributed by atoms with Crippen LogP contribution < -0.4 is 5.32 Å². The molecule has 1 aliphatic heterocycles. The molecule has 0 aliphatic carbocycles. The van der Waals surface area contributed by atoms with Gasteiger partial charge in [0, 0.05) is 30.5 Å². The van der Waals surface area contributed by atoms with Crippen LogP contribution in [-0.2, 0) is 6.54 Å². The van der Waals surface area contributed by atoms with Crippen LogP contribution in [0, 0.1) is 18.6 Å². The van der Waals surface area contributed by atoms with Crippen molar-refractivity contribution in [2.75, 3.05) is 11.9 Å². The average Bonchev–Trinajstić information content (AvgIpc) is 2.90. The van der Waals surface area contributed by atoms with Crippen molar-refractivity contribution in [1.82, 2.24) is 9.47 Å². The van der Waals surface area contributed by atoms with Gasteiger partial charge in [-0.3, -0.25) is 0 Å². The summed E-state index contributed by atoms with van der Waals surface area (Å²) >= 11 is 0. The van der Waals surface area contributed by atoms with Crippen molar-refractivity contribution >= 4 is 11.7 Å². The molecule has 0 unspecified atom stereocenters. The van der Waals surface area contributed by atoms with E-state index in [1.165, 1.54) is 11.8 Å². The zero-order valence-corrected chi connectivity index (χ0v) is 13.1. The SMILES string of the molecule is CC[C@H]1c2ccc(C)n2CCN1C(=O)Nc1ccc(F)cc1F. The lowest BCUT2D eigenvalue weighted by Gasteiger charge is -2.37. The highest BCUT2D eigenvalue weighted by Gasteiger charge is 2.30. The van der Waals surface area contributed by atoms with Crippen LogP contribution in [-0.4, -0.2) is 22.0 Å². The van der Waals surface area contributed by atoms with Crippen LogP contribution >= 0.6 is 0 Å². The largest absolute Gasteiger partial charge is 0.345 e. The number of aromatic nitrogens is 1. The first-order valence-corrected chi connectivity index (χ1v) is 7.70. The number of halogens is 2. The number of amides is 2. The van der Waals surface area contributed by atoms with Crippen LogP contribution in [0.5, 0.6) is 0 Å². The number of rotatable bonds is 2. The second-order valence-corrected chi connectivity index (χ2v) is 5.72. The third-order valence-corrected chi connectivity index (χ3v) is 4.34. The molecule has 1 atom stereocenters. The second kappa shape index (κ2) is 6.02. The fourth-order valence-electron chi connectivity index (χ4n) is 3.16. The molecule has 1 N–H and O–H groups in total. The van der Waals surface area contributed by atoms with Crippen LogP contribution in [0.15, 0.2) is 30.3 Å². The lowest BCUT2D eigenvalue weighted by atomic mass is 10.1. The van der Waals surface area contributed by atoms with E-state index in [0.29, 0.717) is 13.1 Å². The Labute approximate surface area is 133 Å². The van der Waals surface area contributed by atoms with Crippen molar-refractivity contribution in [3.8, 4) is 0 Å². The maximum absolute atomic E-state index is 13.7. The fourth-order valence-corrected chi connectivity index (χ4v) is 3.16. The molecular weight excluding hydrogens is 300 g/mol. The van der Waals surface area contributed by atoms with Crippen molar-refractivity contribution in [3.05, 3.63) is 53.4 Å². The molecule has 2 heterocycles. The molecule has 1 aliphatic rings. The van der Waals surface area contributed by atoms with Gasteiger partial charge < -0.3 is 14.8 Å². The Hall–Kier alpha value is -2.37. The van der Waals surface area contributed by atoms with Gasteiger partial charge in [0.05, 0.1) is 11.7 Å². The molecule has 0 saturated heterocycles. The number of hydrogen-bond donors (Lipinski definition) is 1. The first-order chi connectivity index (χ1) is 11.0. The average molecular weight is 319 g/mol. The first kappa shape index (κ1) is 15.5. The number of anilines is 1. The summed E-state index contributed by atoms with van der Waals surface area (Å²) in [6.45, 7) is 5.32. The molecule has 0 radical (unpaired) electrons. The van der Waals surface area contributed by atoms with Crippen LogP contribution in [0.1, 0.15) is 30.8 Å². The maximum atomic E-state index is 13.7. The molecule has 0 fully saturated rings. The number of urea groups is 1. The standard InChI is InChI=1S/C17H19F2N3O/c1-3-15-16-7-4-11(2)21(16)8-9-22(15)17(23)20-14-6-5-12(18)10-13(14)19/h4-7,10,15H,3,8-9H2,1-2H3,(H,20,23)/t15-/m0/s1. The van der Waals surface area contributed by atoms with Crippen molar-refractivity contribution < 1.29 is 13.6 Å². The van der Waals surface area contributed by atoms with Crippen LogP contribution in [0.3, 0.4) is 0 Å². The Balaban J connectivity index is 1.82. The highest BCUT2D eigenvalue weighted by atomic mass is 19.1. The lowest BCUT2D eigenvalue weighted by Crippen LogP contribution is -2.44. The number of carbonyl (C=O) groups is 1. The third kappa shape index (κ3) is 2.81. The van der Waals surface area contributed by atoms with Crippen LogP contribution in [0.2, 0.25) is 0 Å². The summed E-state index contributed by atoms with van der Waals surface area (Å²) in [6.07, 6.45) is 0.767. The van der Waals surface area contributed by atoms with Crippen molar-refractivity contribution in [1.29, 1.82) is 0 Å². The van der Waals surface area contributed by atoms with E-state index in [0.717, 1.165) is 24.2 Å². The van der Waals surface area contributed by atoms with E-state index >= 15 is 0 Å². The highest BCUT2D eigenvalue weighted by Crippen LogP contribution is 2.30. The minimum Gasteiger partial charge on any atom is -0.345 e. The van der Waals surface area contributed by atoms with Gasteiger partial charge in [-0.15, -0.1) is 0 Å². The molecule has 2 amide bonds. The zero-order valence-electron chi connectivity index (χ0n) is 13.1. The normalized spacial score (nSPS) is 17.0. The molecule has 23 heavy (non-hydrogen) atoms. The summed E-state index contributed by atoms with van der Waals surface area (Å²) in [4.78, 5) is 14.2. The van der Waals surface area contributed by atoms with Crippen LogP contribution in [0.4, 0.5) is 19.3 Å². The number of nitrogens with zero attached hydrogens (tertiary/aromatic N) is 2. The Kier molecular flexibility index (Phi) is 4.07. The van der Waals surface area contributed by atoms with Gasteiger partial charge in [0.1, 0.15) is 11.6 Å². The van der Waals surface area contributed by atoms with E-state index in [1.54, 1.807) is 4.90 Å². The Morgan fingerprint density at radius 1 is 1.26 bits per heavy atom. The molecule has 4 nitrogen and oxygen atoms in total. The molecule has 1 aromatic heterocycles. The topological polar surface area (TPSA) is 37.3 Å². The molecule has 1 aromatic carbocycles. The summed E-state index contributed by atoms with van der Waals surface area (Å²) in [6, 6.07) is 6.77. The highest BCUT2D eigenvalue weighted by molar-refractivity contribution is 5.89. The lowest BCUT2D eigenvalue weighted by molar-refractivity contribution is 0.165. The number of nitrogens with one attached hydrogen (secondary N) is 1. The summed E-state index contributed by atoms with van der Waals surface area (Å²) < 4.78 is 28.9. The molecular formula is C17H19F2N3O. The molecule has 2 aromatic rings. The zero-order chi connectivity index (χ0) is 16.6. The number of fused-ring (bicyclic) bond motifs is 1. The van der Waals surface area contributed by atoms with Crippen molar-refractivity contribution in [3.63, 3.8) is 0 Å². The van der Waals surface area contributed by atoms with Crippen molar-refractivity contribution in [2.45, 2.75) is 32.9 Å². The van der Waals surface area contributed by atoms with E-state index in [-0.39, 0.29) is 17.8 Å². The smallest absolute Gasteiger partial charge is 0.322 e. The van der Waals surface area contributed by atoms with Crippen molar-refractivity contribution in [2.24, 2.45) is 0 Å². The molecule has 6 heteroatoms. The summed E-state index contributed by atoms with van der Waals surface area (Å²) in [5.74, 6) is -1.44. The summed E-state index contributed by atoms with van der Waals surface area (Å²) in [5, 5.41) is 2.55. The van der Waals surface area contributed by atoms with Gasteiger partial charge in [-0.25, -0.2) is 13.6 Å². The number of carbonyl (C=O) groups excluding carboxylic acids is 1. The second-order valence-electron chi connectivity index (χ2n) is 5.72. The van der Waals surface area contributed by atoms with Gasteiger partial charge in [0.25, 0.3) is 0 Å². The predicted molar refractivity (Wildman–Crippen MR) is 84.3 cm³/mol. The molecule has 3 rings (SSSR count). The number of benzene rings is 1. The Morgan fingerprint density at radius 2 is 2.04 bits per heavy atom. The third-order valence-electron chi connectivity index (χ3n) is 4.34. The molecule has 0 spiro atoms.